The van der Waals surface area contributed by atoms with Crippen molar-refractivity contribution in [2.24, 2.45) is 0 Å². The molecule has 0 unspecified atom stereocenters. The van der Waals surface area contributed by atoms with E-state index in [9.17, 15) is 4.79 Å². The van der Waals surface area contributed by atoms with E-state index >= 15 is 0 Å². The monoisotopic (exact) mass is 406 g/mol. The summed E-state index contributed by atoms with van der Waals surface area (Å²) in [6.07, 6.45) is 0.949. The van der Waals surface area contributed by atoms with E-state index in [2.05, 4.69) is 28.5 Å². The number of nitrogens with zero attached hydrogens (tertiary/aromatic N) is 6. The first-order valence-corrected chi connectivity index (χ1v) is 10.5. The van der Waals surface area contributed by atoms with Crippen molar-refractivity contribution in [3.8, 4) is 5.69 Å². The molecule has 29 heavy (non-hydrogen) atoms. The summed E-state index contributed by atoms with van der Waals surface area (Å²) in [7, 11) is 0. The molecule has 0 N–H and O–H groups in total. The van der Waals surface area contributed by atoms with Gasteiger partial charge in [0.15, 0.2) is 11.0 Å². The van der Waals surface area contributed by atoms with Crippen molar-refractivity contribution < 1.29 is 0 Å². The lowest BCUT2D eigenvalue weighted by atomic mass is 10.1. The normalized spacial score (nSPS) is 11.3. The van der Waals surface area contributed by atoms with Crippen LogP contribution in [0.25, 0.3) is 16.6 Å². The predicted molar refractivity (Wildman–Crippen MR) is 114 cm³/mol. The number of hydrogen-bond donors (Lipinski definition) is 0. The first-order chi connectivity index (χ1) is 14.1. The van der Waals surface area contributed by atoms with Gasteiger partial charge in [-0.05, 0) is 54.5 Å². The van der Waals surface area contributed by atoms with Crippen molar-refractivity contribution in [2.45, 2.75) is 44.6 Å². The minimum Gasteiger partial charge on any atom is -0.268 e. The van der Waals surface area contributed by atoms with Gasteiger partial charge in [0.25, 0.3) is 5.56 Å². The number of para-hydroxylation sites is 1. The van der Waals surface area contributed by atoms with Crippen molar-refractivity contribution in [1.29, 1.82) is 0 Å². The van der Waals surface area contributed by atoms with Gasteiger partial charge in [-0.15, -0.1) is 5.10 Å². The Balaban J connectivity index is 1.83. The van der Waals surface area contributed by atoms with Crippen molar-refractivity contribution in [1.82, 2.24) is 29.8 Å². The van der Waals surface area contributed by atoms with E-state index in [1.54, 1.807) is 9.25 Å². The van der Waals surface area contributed by atoms with Crippen molar-refractivity contribution in [2.75, 3.05) is 0 Å². The Morgan fingerprint density at radius 2 is 1.93 bits per heavy atom. The molecule has 0 saturated carbocycles. The lowest BCUT2D eigenvalue weighted by Gasteiger charge is -2.15. The molecule has 148 valence electrons. The van der Waals surface area contributed by atoms with Crippen molar-refractivity contribution in [3.63, 3.8) is 0 Å². The quantitative estimate of drug-likeness (QED) is 0.359. The van der Waals surface area contributed by atoms with Gasteiger partial charge < -0.3 is 0 Å². The number of benzene rings is 2. The smallest absolute Gasteiger partial charge is 0.266 e. The molecular formula is C21H22N6OS. The predicted octanol–water partition coefficient (Wildman–Crippen LogP) is 3.69. The third kappa shape index (κ3) is 3.80. The first-order valence-electron chi connectivity index (χ1n) is 9.55. The Labute approximate surface area is 172 Å². The molecule has 0 aliphatic heterocycles. The molecule has 0 radical (unpaired) electrons. The molecule has 0 saturated heterocycles. The number of aromatic nitrogens is 6. The fourth-order valence-corrected chi connectivity index (χ4v) is 4.26. The Morgan fingerprint density at radius 3 is 2.72 bits per heavy atom. The summed E-state index contributed by atoms with van der Waals surface area (Å²) in [6.45, 7) is 6.90. The molecule has 0 aliphatic carbocycles. The fraction of sp³-hybridized carbons (Fsp3) is 0.286. The Morgan fingerprint density at radius 1 is 1.10 bits per heavy atom. The number of hydrogen-bond acceptors (Lipinski definition) is 6. The van der Waals surface area contributed by atoms with Gasteiger partial charge in [0, 0.05) is 6.54 Å². The second kappa shape index (κ2) is 8.16. The summed E-state index contributed by atoms with van der Waals surface area (Å²) < 4.78 is 3.50. The van der Waals surface area contributed by atoms with Crippen LogP contribution in [0, 0.1) is 13.8 Å². The van der Waals surface area contributed by atoms with Gasteiger partial charge in [0.1, 0.15) is 0 Å². The van der Waals surface area contributed by atoms with Gasteiger partial charge in [-0.25, -0.2) is 9.67 Å². The molecule has 2 aromatic heterocycles. The molecule has 4 rings (SSSR count). The second-order valence-corrected chi connectivity index (χ2v) is 7.89. The van der Waals surface area contributed by atoms with E-state index in [-0.39, 0.29) is 5.56 Å². The maximum Gasteiger partial charge on any atom is 0.266 e. The zero-order chi connectivity index (χ0) is 20.4. The molecule has 8 heteroatoms. The van der Waals surface area contributed by atoms with Crippen molar-refractivity contribution >= 4 is 22.7 Å². The van der Waals surface area contributed by atoms with E-state index in [4.69, 9.17) is 4.98 Å². The third-order valence-corrected chi connectivity index (χ3v) is 5.64. The average molecular weight is 407 g/mol. The van der Waals surface area contributed by atoms with Crippen LogP contribution in [0.3, 0.4) is 0 Å². The minimum absolute atomic E-state index is 0.0711. The Bertz CT molecular complexity index is 1230. The van der Waals surface area contributed by atoms with E-state index in [1.807, 2.05) is 50.2 Å². The maximum atomic E-state index is 13.4. The van der Waals surface area contributed by atoms with E-state index in [0.29, 0.717) is 21.8 Å². The van der Waals surface area contributed by atoms with Gasteiger partial charge in [-0.2, -0.15) is 0 Å². The standard InChI is InChI=1S/C21H22N6OS/c1-4-11-26-19(23-24-25-26)13-29-21-22-17-8-6-5-7-16(17)20(28)27(21)18-10-9-14(2)12-15(18)3/h5-10,12H,4,11,13H2,1-3H3. The summed E-state index contributed by atoms with van der Waals surface area (Å²) in [5.41, 5.74) is 3.64. The van der Waals surface area contributed by atoms with Crippen LogP contribution in [0.15, 0.2) is 52.4 Å². The van der Waals surface area contributed by atoms with Crippen LogP contribution in [-0.2, 0) is 12.3 Å². The number of fused-ring (bicyclic) bond motifs is 1. The summed E-state index contributed by atoms with van der Waals surface area (Å²) in [5, 5.41) is 13.2. The fourth-order valence-electron chi connectivity index (χ4n) is 3.32. The summed E-state index contributed by atoms with van der Waals surface area (Å²) in [5.74, 6) is 1.30. The first kappa shape index (κ1) is 19.3. The number of tetrazole rings is 1. The van der Waals surface area contributed by atoms with Crippen LogP contribution in [0.2, 0.25) is 0 Å². The highest BCUT2D eigenvalue weighted by atomic mass is 32.2. The van der Waals surface area contributed by atoms with E-state index in [1.165, 1.54) is 11.8 Å². The van der Waals surface area contributed by atoms with Crippen LogP contribution < -0.4 is 5.56 Å². The summed E-state index contributed by atoms with van der Waals surface area (Å²) >= 11 is 1.47. The van der Waals surface area contributed by atoms with Gasteiger partial charge in [-0.3, -0.25) is 9.36 Å². The molecule has 4 aromatic rings. The highest BCUT2D eigenvalue weighted by molar-refractivity contribution is 7.98. The van der Waals surface area contributed by atoms with Gasteiger partial charge in [0.2, 0.25) is 0 Å². The molecule has 7 nitrogen and oxygen atoms in total. The van der Waals surface area contributed by atoms with Crippen LogP contribution in [0.1, 0.15) is 30.3 Å². The molecule has 0 atom stereocenters. The molecular weight excluding hydrogens is 384 g/mol. The number of thioether (sulfide) groups is 1. The van der Waals surface area contributed by atoms with Gasteiger partial charge in [-0.1, -0.05) is 48.5 Å². The van der Waals surface area contributed by atoms with Crippen LogP contribution in [0.5, 0.6) is 0 Å². The molecule has 2 heterocycles. The van der Waals surface area contributed by atoms with Gasteiger partial charge >= 0.3 is 0 Å². The minimum atomic E-state index is -0.0711. The Hall–Kier alpha value is -3.00. The zero-order valence-corrected chi connectivity index (χ0v) is 17.5. The lowest BCUT2D eigenvalue weighted by Crippen LogP contribution is -2.22. The maximum absolute atomic E-state index is 13.4. The summed E-state index contributed by atoms with van der Waals surface area (Å²) in [6, 6.07) is 13.5. The number of rotatable bonds is 6. The Kier molecular flexibility index (Phi) is 5.44. The van der Waals surface area contributed by atoms with Gasteiger partial charge in [0.05, 0.1) is 22.3 Å². The van der Waals surface area contributed by atoms with E-state index in [0.717, 1.165) is 35.6 Å². The molecule has 0 bridgehead atoms. The topological polar surface area (TPSA) is 78.5 Å². The zero-order valence-electron chi connectivity index (χ0n) is 16.7. The SMILES string of the molecule is CCCn1nnnc1CSc1nc2ccccc2c(=O)n1-c1ccc(C)cc1C. The van der Waals surface area contributed by atoms with Crippen molar-refractivity contribution in [3.05, 3.63) is 69.8 Å². The third-order valence-electron chi connectivity index (χ3n) is 4.71. The highest BCUT2D eigenvalue weighted by Gasteiger charge is 2.16. The molecule has 0 spiro atoms. The molecule has 0 aliphatic rings. The summed E-state index contributed by atoms with van der Waals surface area (Å²) in [4.78, 5) is 18.2. The van der Waals surface area contributed by atoms with Crippen LogP contribution in [0.4, 0.5) is 0 Å². The lowest BCUT2D eigenvalue weighted by molar-refractivity contribution is 0.564. The second-order valence-electron chi connectivity index (χ2n) is 6.95. The van der Waals surface area contributed by atoms with Crippen LogP contribution in [-0.4, -0.2) is 29.8 Å². The largest absolute Gasteiger partial charge is 0.268 e. The molecule has 0 amide bonds. The van der Waals surface area contributed by atoms with E-state index < -0.39 is 0 Å². The number of aryl methyl sites for hydroxylation is 3. The van der Waals surface area contributed by atoms with Crippen LogP contribution >= 0.6 is 11.8 Å². The highest BCUT2D eigenvalue weighted by Crippen LogP contribution is 2.25. The molecule has 2 aromatic carbocycles. The molecule has 0 fully saturated rings. The average Bonchev–Trinajstić information content (AvgIpc) is 3.15.